The fourth-order valence-corrected chi connectivity index (χ4v) is 10.7. The highest BCUT2D eigenvalue weighted by atomic mass is 32.2. The number of rotatable bonds is 6. The second-order valence-corrected chi connectivity index (χ2v) is 19.3. The van der Waals surface area contributed by atoms with Gasteiger partial charge >= 0.3 is 0 Å². The average Bonchev–Trinajstić information content (AvgIpc) is 3.78. The molecule has 2 heterocycles. The molecule has 6 aromatic carbocycles. The number of anilines is 2. The molecule has 2 unspecified atom stereocenters. The summed E-state index contributed by atoms with van der Waals surface area (Å²) in [6.07, 6.45) is 0. The SMILES string of the molecule is CC(C)(C)c1ccc(C2=S(c3ccccc3)C(OC3=NN(c4ccccc4)C(c4ccc(C(C)(C)C)cc4)=S3c3ccccc3)=NN2c2ccccc2)cc1. The van der Waals surface area contributed by atoms with Gasteiger partial charge in [-0.3, -0.25) is 0 Å². The smallest absolute Gasteiger partial charge is 0.276 e. The molecule has 0 saturated carbocycles. The molecule has 0 radical (unpaired) electrons. The summed E-state index contributed by atoms with van der Waals surface area (Å²) in [7, 11) is -1.40. The maximum atomic E-state index is 7.27. The highest BCUT2D eigenvalue weighted by Gasteiger charge is 2.36. The van der Waals surface area contributed by atoms with Crippen molar-refractivity contribution < 1.29 is 4.74 Å². The monoisotopic (exact) mass is 758 g/mol. The lowest BCUT2D eigenvalue weighted by Gasteiger charge is -2.22. The molecular formula is C48H46N4OS2. The molecule has 2 atom stereocenters. The highest BCUT2D eigenvalue weighted by molar-refractivity contribution is 8.30. The maximum absolute atomic E-state index is 7.27. The van der Waals surface area contributed by atoms with E-state index in [-0.39, 0.29) is 10.8 Å². The Labute approximate surface area is 330 Å². The zero-order valence-corrected chi connectivity index (χ0v) is 33.8. The van der Waals surface area contributed by atoms with Gasteiger partial charge in [-0.15, -0.1) is 10.2 Å². The van der Waals surface area contributed by atoms with Gasteiger partial charge in [0, 0.05) is 20.9 Å². The van der Waals surface area contributed by atoms with Crippen LogP contribution in [0.25, 0.3) is 0 Å². The lowest BCUT2D eigenvalue weighted by molar-refractivity contribution is 0.572. The predicted molar refractivity (Wildman–Crippen MR) is 237 cm³/mol. The van der Waals surface area contributed by atoms with Crippen molar-refractivity contribution in [2.75, 3.05) is 10.0 Å². The van der Waals surface area contributed by atoms with Gasteiger partial charge in [-0.25, -0.2) is 10.0 Å². The Hall–Kier alpha value is -5.50. The molecule has 0 N–H and O–H groups in total. The maximum Gasteiger partial charge on any atom is 0.276 e. The lowest BCUT2D eigenvalue weighted by Crippen LogP contribution is -2.23. The number of hydrazone groups is 2. The minimum atomic E-state index is -0.701. The van der Waals surface area contributed by atoms with E-state index in [4.69, 9.17) is 14.9 Å². The third-order valence-corrected chi connectivity index (χ3v) is 13.7. The quantitative estimate of drug-likeness (QED) is 0.159. The van der Waals surface area contributed by atoms with Crippen molar-refractivity contribution in [3.05, 3.63) is 192 Å². The normalized spacial score (nSPS) is 17.3. The number of hydrogen-bond acceptors (Lipinski definition) is 5. The average molecular weight is 759 g/mol. The largest absolute Gasteiger partial charge is 0.406 e. The molecule has 6 aromatic rings. The van der Waals surface area contributed by atoms with Crippen molar-refractivity contribution in [2.45, 2.75) is 62.2 Å². The Morgan fingerprint density at radius 3 is 1.02 bits per heavy atom. The van der Waals surface area contributed by atoms with E-state index in [9.17, 15) is 0 Å². The molecule has 0 fully saturated rings. The summed E-state index contributed by atoms with van der Waals surface area (Å²) in [6.45, 7) is 13.5. The highest BCUT2D eigenvalue weighted by Crippen LogP contribution is 2.45. The van der Waals surface area contributed by atoms with Gasteiger partial charge in [-0.05, 0) is 91.5 Å². The fraction of sp³-hybridized carbons (Fsp3) is 0.167. The summed E-state index contributed by atoms with van der Waals surface area (Å²) in [5.74, 6) is 0. The first-order valence-electron chi connectivity index (χ1n) is 18.7. The van der Waals surface area contributed by atoms with E-state index in [0.29, 0.717) is 10.5 Å². The van der Waals surface area contributed by atoms with E-state index in [0.717, 1.165) is 42.3 Å². The van der Waals surface area contributed by atoms with Crippen molar-refractivity contribution in [1.29, 1.82) is 0 Å². The van der Waals surface area contributed by atoms with Gasteiger partial charge in [-0.1, -0.05) is 163 Å². The van der Waals surface area contributed by atoms with Crippen molar-refractivity contribution in [1.82, 2.24) is 0 Å². The zero-order valence-electron chi connectivity index (χ0n) is 32.2. The van der Waals surface area contributed by atoms with Gasteiger partial charge in [0.15, 0.2) is 0 Å². The Morgan fingerprint density at radius 1 is 0.400 bits per heavy atom. The second-order valence-electron chi connectivity index (χ2n) is 15.6. The van der Waals surface area contributed by atoms with Crippen LogP contribution in [0.1, 0.15) is 63.8 Å². The molecule has 0 spiro atoms. The molecule has 0 aromatic heterocycles. The lowest BCUT2D eigenvalue weighted by atomic mass is 9.87. The van der Waals surface area contributed by atoms with Crippen molar-refractivity contribution in [2.24, 2.45) is 10.2 Å². The second kappa shape index (κ2) is 15.0. The fourth-order valence-electron chi connectivity index (χ4n) is 6.61. The Balaban J connectivity index is 1.34. The van der Waals surface area contributed by atoms with Gasteiger partial charge in [-0.2, -0.15) is 0 Å². The van der Waals surface area contributed by atoms with Crippen LogP contribution >= 0.6 is 21.0 Å². The van der Waals surface area contributed by atoms with Gasteiger partial charge in [0.05, 0.1) is 11.4 Å². The Bertz CT molecular complexity index is 2250. The molecule has 5 nitrogen and oxygen atoms in total. The number of nitrogens with zero attached hydrogens (tertiary/aromatic N) is 4. The van der Waals surface area contributed by atoms with Crippen LogP contribution in [0.2, 0.25) is 0 Å². The Kier molecular flexibility index (Phi) is 9.93. The van der Waals surface area contributed by atoms with Gasteiger partial charge in [0.2, 0.25) is 0 Å². The molecule has 7 heteroatoms. The van der Waals surface area contributed by atoms with E-state index in [1.165, 1.54) is 11.1 Å². The van der Waals surface area contributed by atoms with E-state index >= 15 is 0 Å². The first-order chi connectivity index (χ1) is 26.6. The van der Waals surface area contributed by atoms with Crippen molar-refractivity contribution in [3.8, 4) is 0 Å². The van der Waals surface area contributed by atoms with Gasteiger partial charge in [0.25, 0.3) is 10.5 Å². The van der Waals surface area contributed by atoms with Gasteiger partial charge < -0.3 is 4.74 Å². The topological polar surface area (TPSA) is 40.4 Å². The van der Waals surface area contributed by atoms with Crippen LogP contribution in [0, 0.1) is 0 Å². The summed E-state index contributed by atoms with van der Waals surface area (Å²) in [5.41, 5.74) is 6.76. The zero-order chi connectivity index (χ0) is 38.2. The first-order valence-corrected chi connectivity index (χ1v) is 21.1. The van der Waals surface area contributed by atoms with Crippen molar-refractivity contribution in [3.63, 3.8) is 0 Å². The summed E-state index contributed by atoms with van der Waals surface area (Å²) in [5, 5.41) is 16.1. The predicted octanol–water partition coefficient (Wildman–Crippen LogP) is 12.2. The molecule has 2 aliphatic heterocycles. The van der Waals surface area contributed by atoms with Crippen LogP contribution in [-0.2, 0) is 15.6 Å². The summed E-state index contributed by atoms with van der Waals surface area (Å²) >= 11 is 0. The van der Waals surface area contributed by atoms with E-state index in [1.807, 2.05) is 12.1 Å². The number of hydrogen-bond donors (Lipinski definition) is 0. The Morgan fingerprint density at radius 2 is 0.709 bits per heavy atom. The summed E-state index contributed by atoms with van der Waals surface area (Å²) < 4.78 is 7.27. The molecule has 0 aliphatic carbocycles. The van der Waals surface area contributed by atoms with Crippen molar-refractivity contribution >= 4 is 52.8 Å². The van der Waals surface area contributed by atoms with Crippen LogP contribution in [0.15, 0.2) is 190 Å². The molecule has 55 heavy (non-hydrogen) atoms. The summed E-state index contributed by atoms with van der Waals surface area (Å²) in [4.78, 5) is 4.37. The van der Waals surface area contributed by atoms with Crippen LogP contribution in [0.4, 0.5) is 11.4 Å². The van der Waals surface area contributed by atoms with E-state index in [2.05, 4.69) is 209 Å². The molecule has 276 valence electrons. The summed E-state index contributed by atoms with van der Waals surface area (Å²) in [6, 6.07) is 59.9. The number of ether oxygens (including phenoxy) is 1. The molecule has 0 bridgehead atoms. The van der Waals surface area contributed by atoms with E-state index < -0.39 is 21.0 Å². The molecular weight excluding hydrogens is 713 g/mol. The van der Waals surface area contributed by atoms with E-state index in [1.54, 1.807) is 0 Å². The molecule has 0 amide bonds. The van der Waals surface area contributed by atoms with Crippen LogP contribution in [0.3, 0.4) is 0 Å². The minimum absolute atomic E-state index is 0.0315. The van der Waals surface area contributed by atoms with Crippen LogP contribution in [-0.4, -0.2) is 20.4 Å². The number of benzene rings is 6. The molecule has 8 rings (SSSR count). The first kappa shape index (κ1) is 36.5. The van der Waals surface area contributed by atoms with Crippen LogP contribution < -0.4 is 10.0 Å². The third kappa shape index (κ3) is 7.47. The standard InChI is InChI=1S/C48H46N4OS2/c1-47(2,3)37-31-27-35(28-32-37)43-51(39-19-11-7-12-20-39)49-45(54(43)41-23-15-9-16-24-41)53-46-50-52(40-21-13-8-14-22-40)44(55(46)42-25-17-10-18-26-42)36-29-33-38(34-30-36)48(4,5)6/h7-34H,1-6H3. The number of para-hydroxylation sites is 2. The van der Waals surface area contributed by atoms with Gasteiger partial charge in [0.1, 0.15) is 9.98 Å². The third-order valence-electron chi connectivity index (χ3n) is 9.61. The molecule has 2 aliphatic rings. The minimum Gasteiger partial charge on any atom is -0.406 e. The van der Waals surface area contributed by atoms with Crippen LogP contribution in [0.5, 0.6) is 0 Å². The molecule has 0 saturated heterocycles.